The molecule has 0 saturated carbocycles. The van der Waals surface area contributed by atoms with Gasteiger partial charge in [-0.2, -0.15) is 0 Å². The number of hydrazine groups is 1. The topological polar surface area (TPSA) is 92.3 Å². The quantitative estimate of drug-likeness (QED) is 0.751. The Kier molecular flexibility index (Phi) is 5.57. The van der Waals surface area contributed by atoms with Crippen LogP contribution in [0.4, 0.5) is 0 Å². The van der Waals surface area contributed by atoms with Crippen molar-refractivity contribution >= 4 is 37.6 Å². The predicted octanol–water partition coefficient (Wildman–Crippen LogP) is 0.964. The number of sulfone groups is 1. The summed E-state index contributed by atoms with van der Waals surface area (Å²) in [6, 6.07) is 7.30. The highest BCUT2D eigenvalue weighted by Gasteiger charge is 2.29. The van der Waals surface area contributed by atoms with Crippen LogP contribution in [0.3, 0.4) is 0 Å². The van der Waals surface area contributed by atoms with E-state index in [1.165, 1.54) is 0 Å². The molecule has 22 heavy (non-hydrogen) atoms. The van der Waals surface area contributed by atoms with E-state index in [1.807, 2.05) is 24.3 Å². The Morgan fingerprint density at radius 3 is 2.36 bits per heavy atom. The molecule has 0 unspecified atom stereocenters. The highest BCUT2D eigenvalue weighted by atomic mass is 79.9. The molecule has 2 amide bonds. The smallest absolute Gasteiger partial charge is 0.242 e. The third-order valence-electron chi connectivity index (χ3n) is 3.42. The maximum Gasteiger partial charge on any atom is 0.242 e. The van der Waals surface area contributed by atoms with Crippen molar-refractivity contribution in [3.8, 4) is 0 Å². The Labute approximate surface area is 137 Å². The molecule has 0 bridgehead atoms. The fourth-order valence-corrected chi connectivity index (χ4v) is 4.44. The summed E-state index contributed by atoms with van der Waals surface area (Å²) in [5.41, 5.74) is 5.50. The Balaban J connectivity index is 1.72. The van der Waals surface area contributed by atoms with E-state index in [4.69, 9.17) is 0 Å². The Morgan fingerprint density at radius 1 is 1.14 bits per heavy atom. The first-order chi connectivity index (χ1) is 10.3. The van der Waals surface area contributed by atoms with E-state index in [0.717, 1.165) is 10.0 Å². The second-order valence-corrected chi connectivity index (χ2v) is 8.52. The van der Waals surface area contributed by atoms with E-state index in [1.54, 1.807) is 0 Å². The van der Waals surface area contributed by atoms with Gasteiger partial charge in [-0.3, -0.25) is 20.4 Å². The van der Waals surface area contributed by atoms with Gasteiger partial charge in [-0.1, -0.05) is 28.1 Å². The number of carbonyl (C=O) groups is 2. The number of carbonyl (C=O) groups excluding carboxylic acids is 2. The summed E-state index contributed by atoms with van der Waals surface area (Å²) in [6.45, 7) is 0. The van der Waals surface area contributed by atoms with Crippen molar-refractivity contribution in [1.82, 2.24) is 10.9 Å². The monoisotopic (exact) mass is 388 g/mol. The molecular formula is C14H17BrN2O4S. The largest absolute Gasteiger partial charge is 0.273 e. The van der Waals surface area contributed by atoms with E-state index in [0.29, 0.717) is 6.42 Å². The minimum atomic E-state index is -2.99. The molecule has 2 rings (SSSR count). The molecule has 1 aliphatic rings. The molecule has 0 spiro atoms. The van der Waals surface area contributed by atoms with Gasteiger partial charge >= 0.3 is 0 Å². The zero-order valence-corrected chi connectivity index (χ0v) is 14.2. The van der Waals surface area contributed by atoms with Crippen molar-refractivity contribution in [2.24, 2.45) is 5.92 Å². The van der Waals surface area contributed by atoms with E-state index < -0.39 is 9.84 Å². The lowest BCUT2D eigenvalue weighted by Gasteiger charge is -2.10. The van der Waals surface area contributed by atoms with Gasteiger partial charge in [-0.15, -0.1) is 0 Å². The Hall–Kier alpha value is -1.41. The molecular weight excluding hydrogens is 372 g/mol. The Bertz CT molecular complexity index is 658. The minimum Gasteiger partial charge on any atom is -0.273 e. The summed E-state index contributed by atoms with van der Waals surface area (Å²) in [6.07, 6.45) is 0.770. The highest BCUT2D eigenvalue weighted by molar-refractivity contribution is 9.10. The summed E-state index contributed by atoms with van der Waals surface area (Å²) in [4.78, 5) is 23.4. The first-order valence-corrected chi connectivity index (χ1v) is 9.48. The summed E-state index contributed by atoms with van der Waals surface area (Å²) >= 11 is 3.31. The van der Waals surface area contributed by atoms with Crippen molar-refractivity contribution < 1.29 is 18.0 Å². The van der Waals surface area contributed by atoms with Crippen LogP contribution >= 0.6 is 15.9 Å². The van der Waals surface area contributed by atoms with Crippen molar-refractivity contribution in [1.29, 1.82) is 0 Å². The summed E-state index contributed by atoms with van der Waals surface area (Å²) in [5, 5.41) is 0. The van der Waals surface area contributed by atoms with Gasteiger partial charge in [-0.05, 0) is 30.0 Å². The lowest BCUT2D eigenvalue weighted by atomic mass is 10.1. The number of hydrogen-bond acceptors (Lipinski definition) is 4. The van der Waals surface area contributed by atoms with Gasteiger partial charge in [0.25, 0.3) is 0 Å². The maximum atomic E-state index is 11.7. The molecule has 120 valence electrons. The molecule has 2 N–H and O–H groups in total. The van der Waals surface area contributed by atoms with Crippen LogP contribution in [0, 0.1) is 5.92 Å². The van der Waals surface area contributed by atoms with E-state index >= 15 is 0 Å². The number of halogens is 1. The van der Waals surface area contributed by atoms with E-state index in [2.05, 4.69) is 26.8 Å². The van der Waals surface area contributed by atoms with Crippen LogP contribution in [0.2, 0.25) is 0 Å². The molecule has 1 aromatic carbocycles. The molecule has 0 aromatic heterocycles. The first-order valence-electron chi connectivity index (χ1n) is 6.86. The van der Waals surface area contributed by atoms with Gasteiger partial charge in [0.1, 0.15) is 0 Å². The van der Waals surface area contributed by atoms with Crippen molar-refractivity contribution in [2.75, 3.05) is 11.5 Å². The average Bonchev–Trinajstić information content (AvgIpc) is 2.78. The summed E-state index contributed by atoms with van der Waals surface area (Å²) < 4.78 is 23.5. The van der Waals surface area contributed by atoms with Crippen LogP contribution in [0.25, 0.3) is 0 Å². The standard InChI is InChI=1S/C14H17BrN2O4S/c15-12-3-1-10(2-4-12)7-13(18)16-17-14(19)8-11-5-6-22(20,21)9-11/h1-4,11H,5-9H2,(H,16,18)(H,17,19)/t11-/m1/s1. The maximum absolute atomic E-state index is 11.7. The molecule has 0 radical (unpaired) electrons. The summed E-state index contributed by atoms with van der Waals surface area (Å²) in [7, 11) is -2.99. The highest BCUT2D eigenvalue weighted by Crippen LogP contribution is 2.21. The van der Waals surface area contributed by atoms with Crippen LogP contribution in [0.15, 0.2) is 28.7 Å². The van der Waals surface area contributed by atoms with Crippen molar-refractivity contribution in [3.05, 3.63) is 34.3 Å². The molecule has 8 heteroatoms. The molecule has 0 aliphatic carbocycles. The zero-order chi connectivity index (χ0) is 16.2. The van der Waals surface area contributed by atoms with Crippen LogP contribution in [-0.4, -0.2) is 31.7 Å². The first kappa shape index (κ1) is 17.0. The second kappa shape index (κ2) is 7.23. The van der Waals surface area contributed by atoms with E-state index in [9.17, 15) is 18.0 Å². The third kappa shape index (κ3) is 5.42. The number of amides is 2. The number of benzene rings is 1. The summed E-state index contributed by atoms with van der Waals surface area (Å²) in [5.74, 6) is -0.664. The average molecular weight is 389 g/mol. The fourth-order valence-electron chi connectivity index (χ4n) is 2.32. The van der Waals surface area contributed by atoms with E-state index in [-0.39, 0.29) is 42.1 Å². The Morgan fingerprint density at radius 2 is 1.77 bits per heavy atom. The number of rotatable bonds is 4. The minimum absolute atomic E-state index is 0.0489. The van der Waals surface area contributed by atoms with Crippen molar-refractivity contribution in [3.63, 3.8) is 0 Å². The lowest BCUT2D eigenvalue weighted by molar-refractivity contribution is -0.129. The molecule has 1 heterocycles. The number of nitrogens with one attached hydrogen (secondary N) is 2. The molecule has 6 nitrogen and oxygen atoms in total. The number of hydrogen-bond donors (Lipinski definition) is 2. The van der Waals surface area contributed by atoms with Crippen LogP contribution < -0.4 is 10.9 Å². The molecule has 1 aliphatic heterocycles. The van der Waals surface area contributed by atoms with Gasteiger partial charge in [0, 0.05) is 10.9 Å². The normalized spacial score (nSPS) is 19.6. The van der Waals surface area contributed by atoms with Gasteiger partial charge in [0.05, 0.1) is 17.9 Å². The van der Waals surface area contributed by atoms with Gasteiger partial charge in [0.2, 0.25) is 11.8 Å². The SMILES string of the molecule is O=C(Cc1ccc(Br)cc1)NNC(=O)C[C@H]1CCS(=O)(=O)C1. The van der Waals surface area contributed by atoms with Crippen LogP contribution in [0.1, 0.15) is 18.4 Å². The third-order valence-corrected chi connectivity index (χ3v) is 5.79. The second-order valence-electron chi connectivity index (χ2n) is 5.37. The molecule has 1 aromatic rings. The van der Waals surface area contributed by atoms with Crippen molar-refractivity contribution in [2.45, 2.75) is 19.3 Å². The van der Waals surface area contributed by atoms with Crippen LogP contribution in [-0.2, 0) is 25.8 Å². The van der Waals surface area contributed by atoms with Crippen LogP contribution in [0.5, 0.6) is 0 Å². The lowest BCUT2D eigenvalue weighted by Crippen LogP contribution is -2.43. The van der Waals surface area contributed by atoms with Gasteiger partial charge in [-0.25, -0.2) is 8.42 Å². The van der Waals surface area contributed by atoms with Gasteiger partial charge in [0.15, 0.2) is 9.84 Å². The fraction of sp³-hybridized carbons (Fsp3) is 0.429. The molecule has 1 saturated heterocycles. The molecule has 1 atom stereocenters. The predicted molar refractivity (Wildman–Crippen MR) is 85.5 cm³/mol. The molecule has 1 fully saturated rings. The van der Waals surface area contributed by atoms with Gasteiger partial charge < -0.3 is 0 Å². The zero-order valence-electron chi connectivity index (χ0n) is 11.8.